The van der Waals surface area contributed by atoms with Crippen LogP contribution in [-0.4, -0.2) is 32.4 Å². The molecule has 0 aliphatic heterocycles. The number of oxazole rings is 4. The van der Waals surface area contributed by atoms with Crippen LogP contribution >= 0.6 is 0 Å². The summed E-state index contributed by atoms with van der Waals surface area (Å²) in [5, 5.41) is 2.80. The first kappa shape index (κ1) is 22.8. The molecule has 12 nitrogen and oxygen atoms in total. The second-order valence-electron chi connectivity index (χ2n) is 7.56. The fraction of sp³-hybridized carbons (Fsp3) is 0.167. The first-order valence-electron chi connectivity index (χ1n) is 10.7. The van der Waals surface area contributed by atoms with Gasteiger partial charge in [-0.25, -0.2) is 15.0 Å². The maximum Gasteiger partial charge on any atom is 0.450 e. The highest BCUT2D eigenvalue weighted by molar-refractivity contribution is 5.92. The van der Waals surface area contributed by atoms with E-state index >= 15 is 0 Å². The number of aromatic nitrogens is 4. The van der Waals surface area contributed by atoms with E-state index in [0.717, 1.165) is 5.56 Å². The van der Waals surface area contributed by atoms with Crippen molar-refractivity contribution in [1.82, 2.24) is 25.3 Å². The Morgan fingerprint density at radius 2 is 1.72 bits per heavy atom. The number of hydrogen-bond donors (Lipinski definition) is 1. The summed E-state index contributed by atoms with van der Waals surface area (Å²) in [5.74, 6) is -0.0261. The average molecular weight is 486 g/mol. The van der Waals surface area contributed by atoms with E-state index in [1.54, 1.807) is 6.92 Å². The Kier molecular flexibility index (Phi) is 6.37. The summed E-state index contributed by atoms with van der Waals surface area (Å²) < 4.78 is 27.1. The number of ether oxygens (including phenoxy) is 1. The van der Waals surface area contributed by atoms with Gasteiger partial charge in [-0.3, -0.25) is 4.79 Å². The lowest BCUT2D eigenvalue weighted by molar-refractivity contribution is 0.0751. The third-order valence-electron chi connectivity index (χ3n) is 4.90. The summed E-state index contributed by atoms with van der Waals surface area (Å²) >= 11 is 0. The molecular formula is C24H18N6O6. The molecule has 1 aromatic carbocycles. The van der Waals surface area contributed by atoms with Crippen LogP contribution < -0.4 is 5.32 Å². The lowest BCUT2D eigenvalue weighted by atomic mass is 10.2. The van der Waals surface area contributed by atoms with Crippen molar-refractivity contribution in [2.24, 2.45) is 0 Å². The van der Waals surface area contributed by atoms with Gasteiger partial charge >= 0.3 is 6.01 Å². The quantitative estimate of drug-likeness (QED) is 0.295. The van der Waals surface area contributed by atoms with Crippen LogP contribution in [0.5, 0.6) is 0 Å². The predicted molar refractivity (Wildman–Crippen MR) is 121 cm³/mol. The van der Waals surface area contributed by atoms with Gasteiger partial charge in [0.1, 0.15) is 31.1 Å². The van der Waals surface area contributed by atoms with Crippen LogP contribution in [0.25, 0.3) is 28.0 Å². The van der Waals surface area contributed by atoms with Crippen LogP contribution in [0.1, 0.15) is 33.7 Å². The molecule has 5 rings (SSSR count). The highest BCUT2D eigenvalue weighted by Crippen LogP contribution is 2.24. The highest BCUT2D eigenvalue weighted by atomic mass is 16.5. The van der Waals surface area contributed by atoms with Crippen molar-refractivity contribution < 1.29 is 27.2 Å². The molecule has 0 spiro atoms. The van der Waals surface area contributed by atoms with Gasteiger partial charge in [-0.1, -0.05) is 41.9 Å². The van der Waals surface area contributed by atoms with Gasteiger partial charge in [0.2, 0.25) is 11.8 Å². The number of rotatable bonds is 9. The van der Waals surface area contributed by atoms with Crippen molar-refractivity contribution in [2.75, 3.05) is 6.61 Å². The van der Waals surface area contributed by atoms with Crippen LogP contribution in [0, 0.1) is 13.5 Å². The molecular weight excluding hydrogens is 468 g/mol. The fourth-order valence-electron chi connectivity index (χ4n) is 3.20. The molecule has 1 N–H and O–H groups in total. The maximum absolute atomic E-state index is 13.0. The molecule has 4 aromatic heterocycles. The minimum Gasteiger partial charge on any atom is -0.467 e. The van der Waals surface area contributed by atoms with Gasteiger partial charge in [-0.05, 0) is 12.5 Å². The molecule has 180 valence electrons. The minimum atomic E-state index is -0.757. The molecule has 1 amide bonds. The first-order valence-corrected chi connectivity index (χ1v) is 10.7. The van der Waals surface area contributed by atoms with Crippen LogP contribution in [0.3, 0.4) is 0 Å². The number of carbonyl (C=O) groups excluding carboxylic acids is 1. The van der Waals surface area contributed by atoms with E-state index in [9.17, 15) is 4.79 Å². The standard InChI is InChI=1S/C24H18N6O6/c1-14-8-33-21(26-14)18-12-35-22(29-18)17(10-32-9-15-6-4-3-5-7-15)27-20(31)16-11-34-23(28-16)19-13-36-24(25-2)30-19/h3-8,11-13,17H,9-10H2,1H3,(H,27,31). The monoisotopic (exact) mass is 486 g/mol. The summed E-state index contributed by atoms with van der Waals surface area (Å²) in [6, 6.07) is 8.68. The molecule has 12 heteroatoms. The predicted octanol–water partition coefficient (Wildman–Crippen LogP) is 4.52. The number of hydrogen-bond acceptors (Lipinski definition) is 10. The SMILES string of the molecule is [C-]#[N+]c1nc(-c2nc(C(=O)NC(COCc3ccccc3)c3nc(-c4nc(C)co4)co3)co2)co1. The van der Waals surface area contributed by atoms with Crippen molar-refractivity contribution in [3.8, 4) is 23.2 Å². The van der Waals surface area contributed by atoms with Crippen LogP contribution in [0.4, 0.5) is 6.01 Å². The summed E-state index contributed by atoms with van der Waals surface area (Å²) in [5.41, 5.74) is 2.23. The van der Waals surface area contributed by atoms with Crippen molar-refractivity contribution in [3.05, 3.63) is 89.6 Å². The number of benzene rings is 1. The van der Waals surface area contributed by atoms with Crippen molar-refractivity contribution >= 4 is 11.9 Å². The summed E-state index contributed by atoms with van der Waals surface area (Å²) in [6.45, 7) is 9.12. The zero-order valence-corrected chi connectivity index (χ0v) is 18.9. The minimum absolute atomic E-state index is 0.0134. The van der Waals surface area contributed by atoms with Gasteiger partial charge in [-0.2, -0.15) is 0 Å². The average Bonchev–Trinajstić information content (AvgIpc) is 3.70. The van der Waals surface area contributed by atoms with Crippen molar-refractivity contribution in [3.63, 3.8) is 0 Å². The van der Waals surface area contributed by atoms with E-state index in [-0.39, 0.29) is 35.8 Å². The molecule has 0 fully saturated rings. The number of aryl methyl sites for hydroxylation is 1. The summed E-state index contributed by atoms with van der Waals surface area (Å²) in [7, 11) is 0. The van der Waals surface area contributed by atoms with E-state index in [1.807, 2.05) is 30.3 Å². The molecule has 0 aliphatic rings. The Labute approximate surface area is 203 Å². The largest absolute Gasteiger partial charge is 0.467 e. The second kappa shape index (κ2) is 10.1. The van der Waals surface area contributed by atoms with Gasteiger partial charge < -0.3 is 32.6 Å². The fourth-order valence-corrected chi connectivity index (χ4v) is 3.20. The lowest BCUT2D eigenvalue weighted by Gasteiger charge is -2.15. The second-order valence-corrected chi connectivity index (χ2v) is 7.56. The Hall–Kier alpha value is -5.02. The maximum atomic E-state index is 13.0. The van der Waals surface area contributed by atoms with E-state index in [0.29, 0.717) is 23.9 Å². The lowest BCUT2D eigenvalue weighted by Crippen LogP contribution is -2.32. The molecule has 0 saturated carbocycles. The highest BCUT2D eigenvalue weighted by Gasteiger charge is 2.25. The van der Waals surface area contributed by atoms with Gasteiger partial charge in [0.05, 0.1) is 18.9 Å². The zero-order chi connectivity index (χ0) is 24.9. The molecule has 4 heterocycles. The number of amides is 1. The van der Waals surface area contributed by atoms with Crippen molar-refractivity contribution in [2.45, 2.75) is 19.6 Å². The van der Waals surface area contributed by atoms with Crippen LogP contribution in [-0.2, 0) is 11.3 Å². The van der Waals surface area contributed by atoms with E-state index in [1.165, 1.54) is 25.1 Å². The first-order chi connectivity index (χ1) is 17.6. The van der Waals surface area contributed by atoms with Crippen molar-refractivity contribution in [1.29, 1.82) is 0 Å². The smallest absolute Gasteiger partial charge is 0.450 e. The molecule has 5 aromatic rings. The van der Waals surface area contributed by atoms with E-state index in [4.69, 9.17) is 29.0 Å². The Morgan fingerprint density at radius 1 is 0.972 bits per heavy atom. The normalized spacial score (nSPS) is 11.8. The summed E-state index contributed by atoms with van der Waals surface area (Å²) in [6.07, 6.45) is 5.30. The number of nitrogens with one attached hydrogen (secondary N) is 1. The summed E-state index contributed by atoms with van der Waals surface area (Å²) in [4.78, 5) is 32.8. The third-order valence-corrected chi connectivity index (χ3v) is 4.90. The van der Waals surface area contributed by atoms with Crippen LogP contribution in [0.15, 0.2) is 73.1 Å². The van der Waals surface area contributed by atoms with E-state index < -0.39 is 11.9 Å². The molecule has 0 bridgehead atoms. The Balaban J connectivity index is 1.33. The van der Waals surface area contributed by atoms with Crippen LogP contribution in [0.2, 0.25) is 0 Å². The Morgan fingerprint density at radius 3 is 2.47 bits per heavy atom. The molecule has 1 atom stereocenters. The Bertz CT molecular complexity index is 1510. The zero-order valence-electron chi connectivity index (χ0n) is 18.9. The van der Waals surface area contributed by atoms with Gasteiger partial charge in [0.15, 0.2) is 11.4 Å². The molecule has 0 radical (unpaired) electrons. The third kappa shape index (κ3) is 5.06. The van der Waals surface area contributed by atoms with Gasteiger partial charge in [0.25, 0.3) is 17.5 Å². The van der Waals surface area contributed by atoms with Gasteiger partial charge in [0, 0.05) is 0 Å². The molecule has 0 saturated heterocycles. The number of nitrogens with zero attached hydrogens (tertiary/aromatic N) is 5. The van der Waals surface area contributed by atoms with E-state index in [2.05, 4.69) is 30.1 Å². The molecule has 0 aliphatic carbocycles. The van der Waals surface area contributed by atoms with Gasteiger partial charge in [-0.15, -0.1) is 0 Å². The number of carbonyl (C=O) groups is 1. The molecule has 36 heavy (non-hydrogen) atoms. The molecule has 1 unspecified atom stereocenters. The topological polar surface area (TPSA) is 147 Å².